The van der Waals surface area contributed by atoms with E-state index in [0.29, 0.717) is 6.42 Å². The molecule has 0 aliphatic carbocycles. The fourth-order valence-corrected chi connectivity index (χ4v) is 3.04. The number of aliphatic hydroxyl groups excluding tert-OH is 1. The molecule has 1 N–H and O–H groups in total. The highest BCUT2D eigenvalue weighted by Gasteiger charge is 2.31. The van der Waals surface area contributed by atoms with Gasteiger partial charge in [-0.15, -0.1) is 0 Å². The number of aromatic nitrogens is 3. The van der Waals surface area contributed by atoms with Crippen LogP contribution in [0.3, 0.4) is 0 Å². The van der Waals surface area contributed by atoms with Gasteiger partial charge in [0.25, 0.3) is 0 Å². The molecule has 0 unspecified atom stereocenters. The fourth-order valence-electron chi connectivity index (χ4n) is 3.04. The fraction of sp³-hybridized carbons (Fsp3) is 0.176. The van der Waals surface area contributed by atoms with E-state index in [2.05, 4.69) is 20.6 Å². The first-order valence-corrected chi connectivity index (χ1v) is 7.04. The summed E-state index contributed by atoms with van der Waals surface area (Å²) in [6.07, 6.45) is 5.56. The Balaban J connectivity index is 1.70. The summed E-state index contributed by atoms with van der Waals surface area (Å²) in [5, 5.41) is 10.5. The van der Waals surface area contributed by atoms with E-state index in [4.69, 9.17) is 0 Å². The van der Waals surface area contributed by atoms with E-state index in [1.807, 2.05) is 48.9 Å². The van der Waals surface area contributed by atoms with Crippen LogP contribution in [0.1, 0.15) is 29.8 Å². The van der Waals surface area contributed by atoms with Crippen LogP contribution in [0.2, 0.25) is 0 Å². The average molecular weight is 277 g/mol. The second-order valence-corrected chi connectivity index (χ2v) is 5.30. The molecule has 2 atom stereocenters. The van der Waals surface area contributed by atoms with E-state index in [0.717, 1.165) is 22.5 Å². The molecular formula is C17H15N3O. The molecule has 0 saturated carbocycles. The van der Waals surface area contributed by atoms with Crippen LogP contribution in [0.15, 0.2) is 61.2 Å². The van der Waals surface area contributed by atoms with E-state index >= 15 is 0 Å². The molecule has 0 radical (unpaired) electrons. The van der Waals surface area contributed by atoms with Crippen LogP contribution >= 0.6 is 0 Å². The van der Waals surface area contributed by atoms with Crippen LogP contribution in [0.25, 0.3) is 11.3 Å². The molecule has 1 aromatic carbocycles. The zero-order chi connectivity index (χ0) is 14.2. The lowest BCUT2D eigenvalue weighted by Crippen LogP contribution is -2.11. The van der Waals surface area contributed by atoms with Gasteiger partial charge in [-0.2, -0.15) is 0 Å². The van der Waals surface area contributed by atoms with E-state index in [1.54, 1.807) is 6.20 Å². The monoisotopic (exact) mass is 277 g/mol. The van der Waals surface area contributed by atoms with Crippen LogP contribution in [-0.2, 0) is 0 Å². The van der Waals surface area contributed by atoms with Crippen molar-refractivity contribution in [1.29, 1.82) is 0 Å². The zero-order valence-electron chi connectivity index (χ0n) is 11.4. The third-order valence-electron chi connectivity index (χ3n) is 4.06. The summed E-state index contributed by atoms with van der Waals surface area (Å²) in [6, 6.07) is 13.8. The summed E-state index contributed by atoms with van der Waals surface area (Å²) in [7, 11) is 0. The van der Waals surface area contributed by atoms with Gasteiger partial charge in [-0.05, 0) is 17.7 Å². The standard InChI is InChI=1S/C17H15N3O/c21-16(12-5-2-1-3-6-12)9-14-17-13(7-4-8-19-17)15-10-18-11-20(14)15/h1-8,10-11,14,16,21H,9H2/t14-,16-/m0/s1. The number of nitrogens with zero attached hydrogens (tertiary/aromatic N) is 3. The first-order valence-electron chi connectivity index (χ1n) is 7.04. The molecule has 3 heterocycles. The molecule has 4 nitrogen and oxygen atoms in total. The van der Waals surface area contributed by atoms with Crippen molar-refractivity contribution in [2.45, 2.75) is 18.6 Å². The van der Waals surface area contributed by atoms with Gasteiger partial charge in [0, 0.05) is 18.2 Å². The Bertz CT molecular complexity index is 766. The summed E-state index contributed by atoms with van der Waals surface area (Å²) in [5.41, 5.74) is 4.14. The van der Waals surface area contributed by atoms with Gasteiger partial charge in [0.05, 0.1) is 36.1 Å². The van der Waals surface area contributed by atoms with Gasteiger partial charge in [0.1, 0.15) is 0 Å². The van der Waals surface area contributed by atoms with E-state index in [1.165, 1.54) is 0 Å². The second-order valence-electron chi connectivity index (χ2n) is 5.30. The number of imidazole rings is 1. The summed E-state index contributed by atoms with van der Waals surface area (Å²) in [6.45, 7) is 0. The summed E-state index contributed by atoms with van der Waals surface area (Å²) in [4.78, 5) is 8.74. The minimum Gasteiger partial charge on any atom is -0.388 e. The quantitative estimate of drug-likeness (QED) is 0.800. The van der Waals surface area contributed by atoms with Crippen molar-refractivity contribution in [2.24, 2.45) is 0 Å². The number of aliphatic hydroxyl groups is 1. The molecule has 0 amide bonds. The first-order chi connectivity index (χ1) is 10.3. The van der Waals surface area contributed by atoms with Crippen LogP contribution in [0.4, 0.5) is 0 Å². The largest absolute Gasteiger partial charge is 0.388 e. The second kappa shape index (κ2) is 4.82. The van der Waals surface area contributed by atoms with Crippen LogP contribution in [0, 0.1) is 0 Å². The molecule has 1 aliphatic rings. The van der Waals surface area contributed by atoms with Gasteiger partial charge in [-0.1, -0.05) is 30.3 Å². The van der Waals surface area contributed by atoms with E-state index in [9.17, 15) is 5.11 Å². The molecule has 4 rings (SSSR count). The van der Waals surface area contributed by atoms with Crippen LogP contribution in [-0.4, -0.2) is 19.6 Å². The third kappa shape index (κ3) is 1.96. The Morgan fingerprint density at radius 2 is 2.00 bits per heavy atom. The highest BCUT2D eigenvalue weighted by Crippen LogP contribution is 2.41. The molecule has 2 aromatic heterocycles. The average Bonchev–Trinajstić information content (AvgIpc) is 3.11. The van der Waals surface area contributed by atoms with Gasteiger partial charge < -0.3 is 9.67 Å². The third-order valence-corrected chi connectivity index (χ3v) is 4.06. The Hall–Kier alpha value is -2.46. The number of hydrogen-bond donors (Lipinski definition) is 1. The van der Waals surface area contributed by atoms with Crippen molar-refractivity contribution >= 4 is 0 Å². The molecule has 0 fully saturated rings. The van der Waals surface area contributed by atoms with Gasteiger partial charge in [-0.3, -0.25) is 4.98 Å². The summed E-state index contributed by atoms with van der Waals surface area (Å²) >= 11 is 0. The Kier molecular flexibility index (Phi) is 2.82. The van der Waals surface area contributed by atoms with Crippen molar-refractivity contribution in [1.82, 2.24) is 14.5 Å². The highest BCUT2D eigenvalue weighted by molar-refractivity contribution is 5.66. The summed E-state index contributed by atoms with van der Waals surface area (Å²) in [5.74, 6) is 0. The van der Waals surface area contributed by atoms with Crippen LogP contribution in [0.5, 0.6) is 0 Å². The molecule has 3 aromatic rings. The van der Waals surface area contributed by atoms with E-state index in [-0.39, 0.29) is 6.04 Å². The predicted octanol–water partition coefficient (Wildman–Crippen LogP) is 2.97. The maximum absolute atomic E-state index is 10.5. The lowest BCUT2D eigenvalue weighted by Gasteiger charge is -2.18. The molecule has 1 aliphatic heterocycles. The van der Waals surface area contributed by atoms with Crippen molar-refractivity contribution in [3.63, 3.8) is 0 Å². The topological polar surface area (TPSA) is 50.9 Å². The van der Waals surface area contributed by atoms with Crippen molar-refractivity contribution < 1.29 is 5.11 Å². The number of fused-ring (bicyclic) bond motifs is 3. The lowest BCUT2D eigenvalue weighted by atomic mass is 9.99. The number of benzene rings is 1. The predicted molar refractivity (Wildman–Crippen MR) is 79.6 cm³/mol. The number of rotatable bonds is 3. The first kappa shape index (κ1) is 12.3. The zero-order valence-corrected chi connectivity index (χ0v) is 11.4. The Morgan fingerprint density at radius 1 is 1.14 bits per heavy atom. The normalized spacial score (nSPS) is 17.3. The lowest BCUT2D eigenvalue weighted by molar-refractivity contribution is 0.153. The highest BCUT2D eigenvalue weighted by atomic mass is 16.3. The minimum absolute atomic E-state index is 0.0360. The van der Waals surface area contributed by atoms with Crippen molar-refractivity contribution in [3.8, 4) is 11.3 Å². The molecule has 0 bridgehead atoms. The Morgan fingerprint density at radius 3 is 2.86 bits per heavy atom. The molecule has 104 valence electrons. The minimum atomic E-state index is -0.514. The molecule has 0 spiro atoms. The van der Waals surface area contributed by atoms with Gasteiger partial charge >= 0.3 is 0 Å². The van der Waals surface area contributed by atoms with Gasteiger partial charge in [0.2, 0.25) is 0 Å². The van der Waals surface area contributed by atoms with E-state index < -0.39 is 6.10 Å². The maximum Gasteiger partial charge on any atom is 0.0957 e. The van der Waals surface area contributed by atoms with Crippen molar-refractivity contribution in [2.75, 3.05) is 0 Å². The Labute approximate surface area is 122 Å². The molecule has 0 saturated heterocycles. The summed E-state index contributed by atoms with van der Waals surface area (Å²) < 4.78 is 2.10. The molecule has 21 heavy (non-hydrogen) atoms. The van der Waals surface area contributed by atoms with Crippen molar-refractivity contribution in [3.05, 3.63) is 72.4 Å². The van der Waals surface area contributed by atoms with Crippen LogP contribution < -0.4 is 0 Å². The maximum atomic E-state index is 10.5. The number of hydrogen-bond acceptors (Lipinski definition) is 3. The van der Waals surface area contributed by atoms with Gasteiger partial charge in [-0.25, -0.2) is 4.98 Å². The number of pyridine rings is 1. The smallest absolute Gasteiger partial charge is 0.0957 e. The van der Waals surface area contributed by atoms with Gasteiger partial charge in [0.15, 0.2) is 0 Å². The SMILES string of the molecule is O[C@@H](C[C@H]1c2ncccc2-c2cncn21)c1ccccc1. The molecule has 4 heteroatoms. The molecular weight excluding hydrogens is 262 g/mol.